The molecule has 83 valence electrons. The summed E-state index contributed by atoms with van der Waals surface area (Å²) in [6.45, 7) is 1.97. The Morgan fingerprint density at radius 3 is 3.00 bits per heavy atom. The molecule has 1 heterocycles. The van der Waals surface area contributed by atoms with Crippen LogP contribution in [0, 0.1) is 18.8 Å². The molecule has 2 aromatic carbocycles. The maximum atomic E-state index is 13.2. The highest BCUT2D eigenvalue weighted by Crippen LogP contribution is 2.28. The van der Waals surface area contributed by atoms with Crippen molar-refractivity contribution in [3.8, 4) is 11.3 Å². The van der Waals surface area contributed by atoms with Crippen LogP contribution in [0.5, 0.6) is 0 Å². The Bertz CT molecular complexity index is 686. The first-order valence-electron chi connectivity index (χ1n) is 5.37. The second kappa shape index (κ2) is 3.70. The topological polar surface area (TPSA) is 28.7 Å². The summed E-state index contributed by atoms with van der Waals surface area (Å²) in [5.41, 5.74) is 3.50. The molecule has 0 saturated heterocycles. The molecule has 0 aliphatic heterocycles. The first-order valence-corrected chi connectivity index (χ1v) is 5.37. The molecular weight excluding hydrogens is 215 g/mol. The van der Waals surface area contributed by atoms with E-state index in [2.05, 4.69) is 16.3 Å². The highest BCUT2D eigenvalue weighted by molar-refractivity contribution is 5.95. The number of benzene rings is 2. The Hall–Kier alpha value is -2.16. The Morgan fingerprint density at radius 2 is 2.18 bits per heavy atom. The zero-order chi connectivity index (χ0) is 11.8. The normalized spacial score (nSPS) is 10.9. The smallest absolute Gasteiger partial charge is 0.123 e. The predicted octanol–water partition coefficient (Wildman–Crippen LogP) is 3.48. The van der Waals surface area contributed by atoms with Crippen molar-refractivity contribution in [2.75, 3.05) is 0 Å². The maximum Gasteiger partial charge on any atom is 0.123 e. The molecule has 0 unspecified atom stereocenters. The van der Waals surface area contributed by atoms with Crippen LogP contribution in [-0.4, -0.2) is 10.2 Å². The second-order valence-corrected chi connectivity index (χ2v) is 3.97. The molecule has 2 nitrogen and oxygen atoms in total. The van der Waals surface area contributed by atoms with Crippen molar-refractivity contribution in [2.24, 2.45) is 0 Å². The summed E-state index contributed by atoms with van der Waals surface area (Å²) in [6, 6.07) is 13.4. The van der Waals surface area contributed by atoms with Gasteiger partial charge in [0.05, 0.1) is 5.52 Å². The van der Waals surface area contributed by atoms with Gasteiger partial charge in [-0.25, -0.2) is 4.39 Å². The highest BCUT2D eigenvalue weighted by Gasteiger charge is 2.10. The molecule has 0 amide bonds. The largest absolute Gasteiger partial charge is 0.277 e. The number of aromatic amines is 1. The Kier molecular flexibility index (Phi) is 2.18. The number of fused-ring (bicyclic) bond motifs is 1. The van der Waals surface area contributed by atoms with E-state index in [4.69, 9.17) is 0 Å². The van der Waals surface area contributed by atoms with Crippen LogP contribution >= 0.6 is 0 Å². The molecule has 0 saturated carbocycles. The van der Waals surface area contributed by atoms with E-state index >= 15 is 0 Å². The van der Waals surface area contributed by atoms with Crippen molar-refractivity contribution in [1.29, 1.82) is 0 Å². The second-order valence-electron chi connectivity index (χ2n) is 3.97. The fraction of sp³-hybridized carbons (Fsp3) is 0.0714. The van der Waals surface area contributed by atoms with Crippen molar-refractivity contribution in [3.05, 3.63) is 53.8 Å². The van der Waals surface area contributed by atoms with Crippen LogP contribution < -0.4 is 0 Å². The van der Waals surface area contributed by atoms with Crippen molar-refractivity contribution < 1.29 is 4.39 Å². The third-order valence-electron chi connectivity index (χ3n) is 2.82. The van der Waals surface area contributed by atoms with Crippen LogP contribution in [-0.2, 0) is 0 Å². The fourth-order valence-corrected chi connectivity index (χ4v) is 2.02. The Morgan fingerprint density at radius 1 is 1.29 bits per heavy atom. The minimum Gasteiger partial charge on any atom is -0.277 e. The summed E-state index contributed by atoms with van der Waals surface area (Å²) in [7, 11) is 0. The number of hydrogen-bond acceptors (Lipinski definition) is 1. The van der Waals surface area contributed by atoms with Crippen LogP contribution in [0.3, 0.4) is 0 Å². The lowest BCUT2D eigenvalue weighted by atomic mass is 10.0. The molecule has 1 aromatic heterocycles. The minimum atomic E-state index is -0.254. The van der Waals surface area contributed by atoms with Gasteiger partial charge in [-0.3, -0.25) is 5.10 Å². The lowest BCUT2D eigenvalue weighted by molar-refractivity contribution is 0.628. The molecule has 0 atom stereocenters. The Balaban J connectivity index is 2.31. The van der Waals surface area contributed by atoms with Gasteiger partial charge in [0.1, 0.15) is 11.5 Å². The summed E-state index contributed by atoms with van der Waals surface area (Å²) in [4.78, 5) is 0. The van der Waals surface area contributed by atoms with Crippen molar-refractivity contribution in [3.63, 3.8) is 0 Å². The van der Waals surface area contributed by atoms with Gasteiger partial charge in [-0.15, -0.1) is 0 Å². The van der Waals surface area contributed by atoms with E-state index in [0.29, 0.717) is 0 Å². The first-order chi connectivity index (χ1) is 8.25. The van der Waals surface area contributed by atoms with Gasteiger partial charge in [0.15, 0.2) is 0 Å². The first kappa shape index (κ1) is 10.0. The molecule has 0 spiro atoms. The van der Waals surface area contributed by atoms with Crippen LogP contribution in [0.1, 0.15) is 5.56 Å². The third-order valence-corrected chi connectivity index (χ3v) is 2.82. The van der Waals surface area contributed by atoms with Gasteiger partial charge < -0.3 is 0 Å². The van der Waals surface area contributed by atoms with Gasteiger partial charge in [0.25, 0.3) is 0 Å². The SMILES string of the molecule is Cc1[c]ccc2[nH]nc(-c3cccc(F)c3)c12. The molecule has 1 radical (unpaired) electrons. The molecule has 0 aliphatic rings. The molecule has 0 bridgehead atoms. The molecular formula is C14H10FN2. The van der Waals surface area contributed by atoms with Gasteiger partial charge in [-0.05, 0) is 36.8 Å². The lowest BCUT2D eigenvalue weighted by Gasteiger charge is -2.00. The summed E-state index contributed by atoms with van der Waals surface area (Å²) >= 11 is 0. The van der Waals surface area contributed by atoms with E-state index in [0.717, 1.165) is 27.7 Å². The standard InChI is InChI=1S/C14H10FN2/c1-9-4-2-7-12-13(9)14(17-16-12)10-5-3-6-11(15)8-10/h2-3,5-8H,1H3,(H,16,17). The van der Waals surface area contributed by atoms with Crippen molar-refractivity contribution in [1.82, 2.24) is 10.2 Å². The summed E-state index contributed by atoms with van der Waals surface area (Å²) in [6.07, 6.45) is 0. The predicted molar refractivity (Wildman–Crippen MR) is 65.1 cm³/mol. The van der Waals surface area contributed by atoms with E-state index < -0.39 is 0 Å². The zero-order valence-electron chi connectivity index (χ0n) is 9.29. The molecule has 3 aromatic rings. The van der Waals surface area contributed by atoms with E-state index in [9.17, 15) is 4.39 Å². The summed E-state index contributed by atoms with van der Waals surface area (Å²) in [5.74, 6) is -0.254. The van der Waals surface area contributed by atoms with Crippen LogP contribution in [0.2, 0.25) is 0 Å². The number of aromatic nitrogens is 2. The van der Waals surface area contributed by atoms with E-state index in [1.54, 1.807) is 6.07 Å². The third kappa shape index (κ3) is 1.60. The monoisotopic (exact) mass is 225 g/mol. The van der Waals surface area contributed by atoms with E-state index in [-0.39, 0.29) is 5.82 Å². The average molecular weight is 225 g/mol. The molecule has 1 N–H and O–H groups in total. The number of halogens is 1. The van der Waals surface area contributed by atoms with Crippen molar-refractivity contribution >= 4 is 10.9 Å². The number of H-pyrrole nitrogens is 1. The lowest BCUT2D eigenvalue weighted by Crippen LogP contribution is -1.82. The summed E-state index contributed by atoms with van der Waals surface area (Å²) < 4.78 is 13.2. The van der Waals surface area contributed by atoms with Gasteiger partial charge in [0.2, 0.25) is 0 Å². The number of nitrogens with zero attached hydrogens (tertiary/aromatic N) is 1. The van der Waals surface area contributed by atoms with Gasteiger partial charge >= 0.3 is 0 Å². The molecule has 0 fully saturated rings. The highest BCUT2D eigenvalue weighted by atomic mass is 19.1. The Labute approximate surface area is 98.1 Å². The average Bonchev–Trinajstić information content (AvgIpc) is 2.74. The van der Waals surface area contributed by atoms with Gasteiger partial charge in [-0.2, -0.15) is 5.10 Å². The molecule has 3 rings (SSSR count). The number of hydrogen-bond donors (Lipinski definition) is 1. The maximum absolute atomic E-state index is 13.2. The van der Waals surface area contributed by atoms with E-state index in [1.807, 2.05) is 25.1 Å². The number of nitrogens with one attached hydrogen (secondary N) is 1. The molecule has 17 heavy (non-hydrogen) atoms. The summed E-state index contributed by atoms with van der Waals surface area (Å²) in [5, 5.41) is 8.21. The number of aryl methyl sites for hydroxylation is 1. The fourth-order valence-electron chi connectivity index (χ4n) is 2.02. The molecule has 0 aliphatic carbocycles. The quantitative estimate of drug-likeness (QED) is 0.674. The van der Waals surface area contributed by atoms with Crippen LogP contribution in [0.4, 0.5) is 4.39 Å². The van der Waals surface area contributed by atoms with Crippen molar-refractivity contribution in [2.45, 2.75) is 6.92 Å². The van der Waals surface area contributed by atoms with Crippen LogP contribution in [0.25, 0.3) is 22.2 Å². The van der Waals surface area contributed by atoms with Gasteiger partial charge in [0, 0.05) is 10.9 Å². The number of rotatable bonds is 1. The minimum absolute atomic E-state index is 0.254. The van der Waals surface area contributed by atoms with Crippen LogP contribution in [0.15, 0.2) is 36.4 Å². The zero-order valence-corrected chi connectivity index (χ0v) is 9.29. The van der Waals surface area contributed by atoms with Gasteiger partial charge in [-0.1, -0.05) is 18.2 Å². The molecule has 3 heteroatoms. The van der Waals surface area contributed by atoms with E-state index in [1.165, 1.54) is 12.1 Å².